The molecule has 0 bridgehead atoms. The van der Waals surface area contributed by atoms with Crippen LogP contribution in [-0.4, -0.2) is 68.9 Å². The molecule has 2 saturated heterocycles. The molecule has 0 N–H and O–H groups in total. The minimum Gasteiger partial charge on any atom is -0.469 e. The SMILES string of the molecule is COC(=O)CC(C(=O)OC)[C@@H]1OC[C@@]2(COC(=O)c3ccccc3)OC(C)(C)O[C@@H]12. The molecule has 1 aromatic rings. The van der Waals surface area contributed by atoms with Gasteiger partial charge in [-0.05, 0) is 26.0 Å². The molecule has 0 aromatic heterocycles. The van der Waals surface area contributed by atoms with E-state index in [1.54, 1.807) is 44.2 Å². The van der Waals surface area contributed by atoms with Crippen LogP contribution in [0.1, 0.15) is 30.6 Å². The van der Waals surface area contributed by atoms with Gasteiger partial charge >= 0.3 is 17.9 Å². The van der Waals surface area contributed by atoms with E-state index in [1.165, 1.54) is 14.2 Å². The molecule has 0 spiro atoms. The average Bonchev–Trinajstić information content (AvgIpc) is 3.20. The van der Waals surface area contributed by atoms with Gasteiger partial charge in [-0.15, -0.1) is 0 Å². The predicted octanol–water partition coefficient (Wildman–Crippen LogP) is 1.48. The molecule has 0 saturated carbocycles. The molecule has 2 fully saturated rings. The van der Waals surface area contributed by atoms with Crippen molar-refractivity contribution in [1.82, 2.24) is 0 Å². The van der Waals surface area contributed by atoms with Crippen LogP contribution in [0.3, 0.4) is 0 Å². The largest absolute Gasteiger partial charge is 0.469 e. The third kappa shape index (κ3) is 4.48. The average molecular weight is 422 g/mol. The number of fused-ring (bicyclic) bond motifs is 1. The Bertz CT molecular complexity index is 791. The Labute approximate surface area is 174 Å². The highest BCUT2D eigenvalue weighted by molar-refractivity contribution is 5.89. The lowest BCUT2D eigenvalue weighted by Crippen LogP contribution is -2.48. The van der Waals surface area contributed by atoms with Gasteiger partial charge in [-0.3, -0.25) is 9.59 Å². The molecule has 4 atom stereocenters. The molecule has 2 heterocycles. The summed E-state index contributed by atoms with van der Waals surface area (Å²) in [6.45, 7) is 3.31. The van der Waals surface area contributed by atoms with Crippen LogP contribution in [0.4, 0.5) is 0 Å². The molecule has 1 aromatic carbocycles. The van der Waals surface area contributed by atoms with Crippen LogP contribution >= 0.6 is 0 Å². The van der Waals surface area contributed by atoms with E-state index in [-0.39, 0.29) is 19.6 Å². The maximum atomic E-state index is 12.4. The van der Waals surface area contributed by atoms with Gasteiger partial charge in [0.1, 0.15) is 18.8 Å². The maximum absolute atomic E-state index is 12.4. The van der Waals surface area contributed by atoms with E-state index in [2.05, 4.69) is 0 Å². The molecular formula is C21H26O9. The second-order valence-corrected chi connectivity index (χ2v) is 7.73. The van der Waals surface area contributed by atoms with Gasteiger partial charge in [0.15, 0.2) is 11.4 Å². The van der Waals surface area contributed by atoms with Gasteiger partial charge in [0, 0.05) is 0 Å². The van der Waals surface area contributed by atoms with Crippen LogP contribution in [0, 0.1) is 5.92 Å². The molecule has 164 valence electrons. The first kappa shape index (κ1) is 22.2. The summed E-state index contributed by atoms with van der Waals surface area (Å²) in [5, 5.41) is 0. The van der Waals surface area contributed by atoms with Crippen LogP contribution in [0.2, 0.25) is 0 Å². The highest BCUT2D eigenvalue weighted by Gasteiger charge is 2.64. The van der Waals surface area contributed by atoms with Crippen LogP contribution in [0.15, 0.2) is 30.3 Å². The summed E-state index contributed by atoms with van der Waals surface area (Å²) in [6.07, 6.45) is -1.84. The fourth-order valence-corrected chi connectivity index (χ4v) is 3.86. The number of methoxy groups -OCH3 is 2. The van der Waals surface area contributed by atoms with Gasteiger partial charge in [0.2, 0.25) is 0 Å². The van der Waals surface area contributed by atoms with E-state index in [9.17, 15) is 14.4 Å². The second kappa shape index (κ2) is 8.71. The van der Waals surface area contributed by atoms with Crippen molar-refractivity contribution in [2.24, 2.45) is 5.92 Å². The Morgan fingerprint density at radius 2 is 1.83 bits per heavy atom. The quantitative estimate of drug-likeness (QED) is 0.477. The van der Waals surface area contributed by atoms with Crippen molar-refractivity contribution >= 4 is 17.9 Å². The third-order valence-electron chi connectivity index (χ3n) is 5.17. The Hall–Kier alpha value is -2.49. The number of rotatable bonds is 7. The van der Waals surface area contributed by atoms with E-state index in [0.717, 1.165) is 0 Å². The molecule has 0 radical (unpaired) electrons. The molecule has 0 aliphatic carbocycles. The van der Waals surface area contributed by atoms with Gasteiger partial charge in [-0.1, -0.05) is 18.2 Å². The minimum absolute atomic E-state index is 0.0164. The highest BCUT2D eigenvalue weighted by Crippen LogP contribution is 2.46. The molecule has 2 aliphatic heterocycles. The van der Waals surface area contributed by atoms with Crippen LogP contribution in [-0.2, 0) is 38.0 Å². The summed E-state index contributed by atoms with van der Waals surface area (Å²) in [5.74, 6) is -3.69. The lowest BCUT2D eigenvalue weighted by Gasteiger charge is -2.27. The molecule has 30 heavy (non-hydrogen) atoms. The second-order valence-electron chi connectivity index (χ2n) is 7.73. The summed E-state index contributed by atoms with van der Waals surface area (Å²) in [6, 6.07) is 8.55. The molecule has 3 rings (SSSR count). The van der Waals surface area contributed by atoms with Gasteiger partial charge < -0.3 is 28.4 Å². The number of carbonyl (C=O) groups excluding carboxylic acids is 3. The zero-order valence-electron chi connectivity index (χ0n) is 17.4. The maximum Gasteiger partial charge on any atom is 0.338 e. The summed E-state index contributed by atoms with van der Waals surface area (Å²) in [7, 11) is 2.46. The van der Waals surface area contributed by atoms with E-state index < -0.39 is 47.4 Å². The van der Waals surface area contributed by atoms with Crippen molar-refractivity contribution in [3.05, 3.63) is 35.9 Å². The highest BCUT2D eigenvalue weighted by atomic mass is 16.8. The summed E-state index contributed by atoms with van der Waals surface area (Å²) in [4.78, 5) is 36.6. The topological polar surface area (TPSA) is 107 Å². The van der Waals surface area contributed by atoms with E-state index in [0.29, 0.717) is 5.56 Å². The van der Waals surface area contributed by atoms with Crippen molar-refractivity contribution in [3.8, 4) is 0 Å². The van der Waals surface area contributed by atoms with E-state index >= 15 is 0 Å². The van der Waals surface area contributed by atoms with Crippen molar-refractivity contribution < 1.29 is 42.8 Å². The van der Waals surface area contributed by atoms with Crippen LogP contribution in [0.25, 0.3) is 0 Å². The predicted molar refractivity (Wildman–Crippen MR) is 101 cm³/mol. The molecule has 2 aliphatic rings. The first-order chi connectivity index (χ1) is 14.2. The van der Waals surface area contributed by atoms with Crippen molar-refractivity contribution in [2.75, 3.05) is 27.4 Å². The van der Waals surface area contributed by atoms with Gasteiger partial charge in [0.25, 0.3) is 0 Å². The van der Waals surface area contributed by atoms with Crippen molar-refractivity contribution in [2.45, 2.75) is 43.9 Å². The lowest BCUT2D eigenvalue weighted by molar-refractivity contribution is -0.200. The monoisotopic (exact) mass is 422 g/mol. The zero-order chi connectivity index (χ0) is 21.9. The number of ether oxygens (including phenoxy) is 6. The van der Waals surface area contributed by atoms with Crippen molar-refractivity contribution in [3.63, 3.8) is 0 Å². The Kier molecular flexibility index (Phi) is 6.44. The van der Waals surface area contributed by atoms with Gasteiger partial charge in [-0.2, -0.15) is 0 Å². The number of hydrogen-bond acceptors (Lipinski definition) is 9. The Balaban J connectivity index is 1.80. The molecule has 9 heteroatoms. The van der Waals surface area contributed by atoms with E-state index in [4.69, 9.17) is 28.4 Å². The number of hydrogen-bond donors (Lipinski definition) is 0. The van der Waals surface area contributed by atoms with Crippen LogP contribution in [0.5, 0.6) is 0 Å². The molecule has 9 nitrogen and oxygen atoms in total. The zero-order valence-corrected chi connectivity index (χ0v) is 17.4. The molecule has 1 unspecified atom stereocenters. The normalized spacial score (nSPS) is 27.7. The Morgan fingerprint density at radius 1 is 1.13 bits per heavy atom. The summed E-state index contributed by atoms with van der Waals surface area (Å²) in [5.41, 5.74) is -0.724. The van der Waals surface area contributed by atoms with Crippen molar-refractivity contribution in [1.29, 1.82) is 0 Å². The standard InChI is InChI=1S/C21H26O9/c1-20(2)29-17-16(14(19(24)26-4)10-15(22)25-3)27-11-21(17,30-20)12-28-18(23)13-8-6-5-7-9-13/h5-9,14,16-17H,10-12H2,1-4H3/t14?,16-,17-,21-/m0/s1. The van der Waals surface area contributed by atoms with E-state index in [1.807, 2.05) is 0 Å². The molecule has 0 amide bonds. The lowest BCUT2D eigenvalue weighted by atomic mass is 9.88. The minimum atomic E-state index is -1.12. The number of esters is 3. The number of benzene rings is 1. The van der Waals surface area contributed by atoms with Gasteiger partial charge in [0.05, 0.1) is 38.7 Å². The smallest absolute Gasteiger partial charge is 0.338 e. The third-order valence-corrected chi connectivity index (χ3v) is 5.17. The molecular weight excluding hydrogens is 396 g/mol. The Morgan fingerprint density at radius 3 is 2.47 bits per heavy atom. The summed E-state index contributed by atoms with van der Waals surface area (Å²) < 4.78 is 33.0. The fraction of sp³-hybridized carbons (Fsp3) is 0.571. The summed E-state index contributed by atoms with van der Waals surface area (Å²) >= 11 is 0. The van der Waals surface area contributed by atoms with Crippen LogP contribution < -0.4 is 0 Å². The first-order valence-corrected chi connectivity index (χ1v) is 9.58. The fourth-order valence-electron chi connectivity index (χ4n) is 3.86. The van der Waals surface area contributed by atoms with Gasteiger partial charge in [-0.25, -0.2) is 4.79 Å². The first-order valence-electron chi connectivity index (χ1n) is 9.58. The number of carbonyl (C=O) groups is 3.